The fourth-order valence-corrected chi connectivity index (χ4v) is 4.42. The summed E-state index contributed by atoms with van der Waals surface area (Å²) in [5.74, 6) is 0.759. The lowest BCUT2D eigenvalue weighted by Gasteiger charge is -2.23. The van der Waals surface area contributed by atoms with Crippen LogP contribution in [0.25, 0.3) is 0 Å². The monoisotopic (exact) mass is 332 g/mol. The van der Waals surface area contributed by atoms with E-state index in [4.69, 9.17) is 0 Å². The Morgan fingerprint density at radius 1 is 1.52 bits per heavy atom. The van der Waals surface area contributed by atoms with Crippen molar-refractivity contribution in [3.8, 4) is 0 Å². The van der Waals surface area contributed by atoms with Crippen molar-refractivity contribution in [3.05, 3.63) is 11.3 Å². The zero-order valence-electron chi connectivity index (χ0n) is 13.0. The summed E-state index contributed by atoms with van der Waals surface area (Å²) < 4.78 is 26.9. The predicted octanol–water partition coefficient (Wildman–Crippen LogP) is 1.34. The highest BCUT2D eigenvalue weighted by Gasteiger charge is 2.31. The molecule has 8 heteroatoms. The third-order valence-electron chi connectivity index (χ3n) is 3.83. The molecule has 1 saturated carbocycles. The average Bonchev–Trinajstić information content (AvgIpc) is 3.18. The second kappa shape index (κ2) is 6.68. The molecular formula is C13H24N4O2S2. The van der Waals surface area contributed by atoms with E-state index in [0.717, 1.165) is 17.0 Å². The van der Waals surface area contributed by atoms with Crippen LogP contribution in [-0.2, 0) is 16.6 Å². The van der Waals surface area contributed by atoms with Crippen LogP contribution in [0.5, 0.6) is 0 Å². The van der Waals surface area contributed by atoms with Gasteiger partial charge in [-0.15, -0.1) is 0 Å². The molecule has 120 valence electrons. The van der Waals surface area contributed by atoms with Crippen molar-refractivity contribution in [1.29, 1.82) is 0 Å². The normalized spacial score (nSPS) is 17.4. The first-order valence-corrected chi connectivity index (χ1v) is 9.95. The van der Waals surface area contributed by atoms with Crippen LogP contribution in [0.2, 0.25) is 0 Å². The van der Waals surface area contributed by atoms with Crippen molar-refractivity contribution in [2.75, 3.05) is 19.1 Å². The maximum Gasteiger partial charge on any atom is 0.262 e. The summed E-state index contributed by atoms with van der Waals surface area (Å²) in [5, 5.41) is 10.4. The fraction of sp³-hybridized carbons (Fsp3) is 0.769. The molecule has 2 rings (SSSR count). The zero-order chi connectivity index (χ0) is 15.6. The van der Waals surface area contributed by atoms with E-state index in [1.54, 1.807) is 18.8 Å². The number of aromatic amines is 1. The molecule has 1 aliphatic carbocycles. The molecular weight excluding hydrogens is 308 g/mol. The second-order valence-corrected chi connectivity index (χ2v) is 8.44. The van der Waals surface area contributed by atoms with Crippen LogP contribution >= 0.6 is 11.8 Å². The first kappa shape index (κ1) is 16.8. The van der Waals surface area contributed by atoms with Gasteiger partial charge in [0.2, 0.25) is 0 Å². The lowest BCUT2D eigenvalue weighted by molar-refractivity contribution is 0.412. The molecule has 6 nitrogen and oxygen atoms in total. The van der Waals surface area contributed by atoms with Gasteiger partial charge < -0.3 is 5.32 Å². The minimum absolute atomic E-state index is 0.0637. The van der Waals surface area contributed by atoms with Gasteiger partial charge in [-0.2, -0.15) is 21.2 Å². The Balaban J connectivity index is 2.22. The molecule has 0 saturated heterocycles. The molecule has 21 heavy (non-hydrogen) atoms. The molecule has 0 aromatic carbocycles. The number of thioether (sulfide) groups is 1. The summed E-state index contributed by atoms with van der Waals surface area (Å²) in [6.07, 6.45) is 4.31. The minimum Gasteiger partial charge on any atom is -0.310 e. The number of rotatable bonds is 8. The SMILES string of the molecule is CSCC(C)N(C)S(=O)(=O)c1n[nH]c(C)c1CNC1CC1. The van der Waals surface area contributed by atoms with E-state index in [-0.39, 0.29) is 11.1 Å². The summed E-state index contributed by atoms with van der Waals surface area (Å²) in [6, 6.07) is 0.467. The molecule has 0 spiro atoms. The largest absolute Gasteiger partial charge is 0.310 e. The highest BCUT2D eigenvalue weighted by molar-refractivity contribution is 7.98. The quantitative estimate of drug-likeness (QED) is 0.751. The maximum atomic E-state index is 12.7. The summed E-state index contributed by atoms with van der Waals surface area (Å²) in [6.45, 7) is 4.32. The number of nitrogens with zero attached hydrogens (tertiary/aromatic N) is 2. The van der Waals surface area contributed by atoms with Gasteiger partial charge in [-0.25, -0.2) is 8.42 Å². The van der Waals surface area contributed by atoms with E-state index >= 15 is 0 Å². The molecule has 0 radical (unpaired) electrons. The highest BCUT2D eigenvalue weighted by Crippen LogP contribution is 2.24. The van der Waals surface area contributed by atoms with Crippen LogP contribution in [0, 0.1) is 6.92 Å². The van der Waals surface area contributed by atoms with Crippen LogP contribution in [-0.4, -0.2) is 54.1 Å². The van der Waals surface area contributed by atoms with Gasteiger partial charge in [0.05, 0.1) is 0 Å². The van der Waals surface area contributed by atoms with Crippen molar-refractivity contribution in [2.24, 2.45) is 0 Å². The third-order valence-corrected chi connectivity index (χ3v) is 6.59. The number of sulfonamides is 1. The Morgan fingerprint density at radius 3 is 2.76 bits per heavy atom. The number of hydrogen-bond donors (Lipinski definition) is 2. The van der Waals surface area contributed by atoms with Crippen molar-refractivity contribution >= 4 is 21.8 Å². The molecule has 1 aliphatic rings. The number of aryl methyl sites for hydroxylation is 1. The Hall–Kier alpha value is -0.570. The molecule has 1 fully saturated rings. The molecule has 1 aromatic heterocycles. The summed E-state index contributed by atoms with van der Waals surface area (Å²) >= 11 is 1.63. The Morgan fingerprint density at radius 2 is 2.19 bits per heavy atom. The number of hydrogen-bond acceptors (Lipinski definition) is 5. The lowest BCUT2D eigenvalue weighted by Crippen LogP contribution is -2.37. The van der Waals surface area contributed by atoms with Crippen LogP contribution in [0.3, 0.4) is 0 Å². The molecule has 1 unspecified atom stereocenters. The summed E-state index contributed by atoms with van der Waals surface area (Å²) in [7, 11) is -1.94. The van der Waals surface area contributed by atoms with Gasteiger partial charge in [-0.05, 0) is 32.9 Å². The summed E-state index contributed by atoms with van der Waals surface area (Å²) in [4.78, 5) is 0. The fourth-order valence-electron chi connectivity index (χ4n) is 2.10. The number of nitrogens with one attached hydrogen (secondary N) is 2. The van der Waals surface area contributed by atoms with Gasteiger partial charge in [-0.1, -0.05) is 0 Å². The minimum atomic E-state index is -3.56. The topological polar surface area (TPSA) is 78.1 Å². The Bertz CT molecular complexity index is 581. The van der Waals surface area contributed by atoms with E-state index in [1.165, 1.54) is 17.1 Å². The number of aromatic nitrogens is 2. The van der Waals surface area contributed by atoms with Gasteiger partial charge in [0, 0.05) is 42.7 Å². The van der Waals surface area contributed by atoms with E-state index < -0.39 is 10.0 Å². The Kier molecular flexibility index (Phi) is 5.34. The van der Waals surface area contributed by atoms with Crippen LogP contribution in [0.4, 0.5) is 0 Å². The molecule has 1 aromatic rings. The van der Waals surface area contributed by atoms with E-state index in [0.29, 0.717) is 12.6 Å². The van der Waals surface area contributed by atoms with Crippen LogP contribution in [0.1, 0.15) is 31.0 Å². The summed E-state index contributed by atoms with van der Waals surface area (Å²) in [5.41, 5.74) is 1.57. The lowest BCUT2D eigenvalue weighted by atomic mass is 10.2. The molecule has 0 bridgehead atoms. The van der Waals surface area contributed by atoms with Gasteiger partial charge in [0.1, 0.15) is 0 Å². The maximum absolute atomic E-state index is 12.7. The van der Waals surface area contributed by atoms with E-state index in [2.05, 4.69) is 15.5 Å². The zero-order valence-corrected chi connectivity index (χ0v) is 14.6. The Labute approximate surface area is 131 Å². The van der Waals surface area contributed by atoms with Crippen LogP contribution in [0.15, 0.2) is 5.03 Å². The van der Waals surface area contributed by atoms with Crippen molar-refractivity contribution in [1.82, 2.24) is 19.8 Å². The smallest absolute Gasteiger partial charge is 0.262 e. The van der Waals surface area contributed by atoms with Crippen molar-refractivity contribution in [3.63, 3.8) is 0 Å². The highest BCUT2D eigenvalue weighted by atomic mass is 32.2. The van der Waals surface area contributed by atoms with E-state index in [9.17, 15) is 8.42 Å². The first-order valence-electron chi connectivity index (χ1n) is 7.12. The van der Waals surface area contributed by atoms with Gasteiger partial charge in [0.25, 0.3) is 10.0 Å². The van der Waals surface area contributed by atoms with Crippen molar-refractivity contribution in [2.45, 2.75) is 50.3 Å². The standard InChI is InChI=1S/C13H24N4O2S2/c1-9(8-20-4)17(3)21(18,19)13-12(10(2)15-16-13)7-14-11-5-6-11/h9,11,14H,5-8H2,1-4H3,(H,15,16). The third kappa shape index (κ3) is 3.80. The van der Waals surface area contributed by atoms with Gasteiger partial charge in [-0.3, -0.25) is 5.10 Å². The van der Waals surface area contributed by atoms with Gasteiger partial charge in [0.15, 0.2) is 5.03 Å². The molecule has 0 aliphatic heterocycles. The van der Waals surface area contributed by atoms with E-state index in [1.807, 2.05) is 20.1 Å². The molecule has 1 heterocycles. The first-order chi connectivity index (χ1) is 9.87. The molecule has 1 atom stereocenters. The second-order valence-electron chi connectivity index (χ2n) is 5.61. The van der Waals surface area contributed by atoms with Gasteiger partial charge >= 0.3 is 0 Å². The predicted molar refractivity (Wildman–Crippen MR) is 86.0 cm³/mol. The number of H-pyrrole nitrogens is 1. The molecule has 0 amide bonds. The van der Waals surface area contributed by atoms with Crippen molar-refractivity contribution < 1.29 is 8.42 Å². The average molecular weight is 332 g/mol. The molecule has 2 N–H and O–H groups in total. The van der Waals surface area contributed by atoms with Crippen LogP contribution < -0.4 is 5.32 Å².